The van der Waals surface area contributed by atoms with Crippen molar-refractivity contribution in [3.05, 3.63) is 52.9 Å². The molecule has 1 N–H and O–H groups in total. The van der Waals surface area contributed by atoms with Gasteiger partial charge in [0.1, 0.15) is 20.7 Å². The summed E-state index contributed by atoms with van der Waals surface area (Å²) in [7, 11) is -3.21. The van der Waals surface area contributed by atoms with E-state index >= 15 is 8.78 Å². The highest BCUT2D eigenvalue weighted by Crippen LogP contribution is 2.71. The maximum atomic E-state index is 15.2. The predicted molar refractivity (Wildman–Crippen MR) is 150 cm³/mol. The molecule has 0 spiro atoms. The molecular weight excluding hydrogens is 617 g/mol. The Hall–Kier alpha value is -3.00. The summed E-state index contributed by atoms with van der Waals surface area (Å²) in [5, 5.41) is 6.21. The van der Waals surface area contributed by atoms with E-state index in [0.717, 1.165) is 11.4 Å². The number of aromatic nitrogens is 3. The Labute approximate surface area is 249 Å². The van der Waals surface area contributed by atoms with Crippen LogP contribution in [0.25, 0.3) is 5.65 Å². The Balaban J connectivity index is 1.24. The van der Waals surface area contributed by atoms with Crippen LogP contribution in [-0.4, -0.2) is 65.1 Å². The molecule has 232 valence electrons. The molecule has 1 aliphatic heterocycles. The Kier molecular flexibility index (Phi) is 6.64. The smallest absolute Gasteiger partial charge is 0.353 e. The molecule has 1 amide bonds. The van der Waals surface area contributed by atoms with Crippen molar-refractivity contribution in [3.8, 4) is 0 Å². The number of rotatable bonds is 5. The summed E-state index contributed by atoms with van der Waals surface area (Å²) in [6.07, 6.45) is -0.714. The number of hydrogen-bond donors (Lipinski definition) is 1. The number of alkyl halides is 5. The van der Waals surface area contributed by atoms with E-state index in [4.69, 9.17) is 11.6 Å². The maximum Gasteiger partial charge on any atom is 0.401 e. The molecule has 43 heavy (non-hydrogen) atoms. The molecule has 3 atom stereocenters. The molecule has 2 fully saturated rings. The first-order chi connectivity index (χ1) is 19.9. The van der Waals surface area contributed by atoms with E-state index in [1.54, 1.807) is 0 Å². The third-order valence-corrected chi connectivity index (χ3v) is 11.4. The largest absolute Gasteiger partial charge is 0.401 e. The van der Waals surface area contributed by atoms with Crippen LogP contribution in [0.1, 0.15) is 56.7 Å². The standard InChI is InChI=1S/C28H29ClF5N5O3S/c1-25(28(32,33)34)14-38(19-13-35-21-12-20(29)37-39(21)23(19)25)17-8-4-15(5-9-17)22-26(2,27(22,30)31)24(40)36-16-6-10-18(11-7-16)43(3,41)42/h4-5,8-9,12-13,16,18,22H,6-7,10-11,14H2,1-3H3,(H,36,40)/t16?,18?,22-,25-,26+/m1/s1. The number of carbonyl (C=O) groups is 1. The summed E-state index contributed by atoms with van der Waals surface area (Å²) in [5.41, 5.74) is -3.67. The van der Waals surface area contributed by atoms with Crippen LogP contribution in [-0.2, 0) is 20.0 Å². The number of carbonyl (C=O) groups excluding carboxylic acids is 1. The van der Waals surface area contributed by atoms with Gasteiger partial charge in [-0.25, -0.2) is 26.7 Å². The molecule has 0 bridgehead atoms. The van der Waals surface area contributed by atoms with Gasteiger partial charge in [0, 0.05) is 30.6 Å². The van der Waals surface area contributed by atoms with Crippen molar-refractivity contribution < 1.29 is 35.2 Å². The van der Waals surface area contributed by atoms with Gasteiger partial charge in [0.05, 0.1) is 28.7 Å². The van der Waals surface area contributed by atoms with Crippen molar-refractivity contribution in [1.82, 2.24) is 19.9 Å². The Morgan fingerprint density at radius 3 is 2.30 bits per heavy atom. The molecule has 3 aliphatic rings. The summed E-state index contributed by atoms with van der Waals surface area (Å²) in [4.78, 5) is 18.7. The molecule has 3 heterocycles. The van der Waals surface area contributed by atoms with Crippen LogP contribution in [0.2, 0.25) is 5.15 Å². The average molecular weight is 646 g/mol. The van der Waals surface area contributed by atoms with E-state index in [9.17, 15) is 26.4 Å². The van der Waals surface area contributed by atoms with Gasteiger partial charge in [-0.1, -0.05) is 23.7 Å². The third kappa shape index (κ3) is 4.49. The van der Waals surface area contributed by atoms with Crippen LogP contribution in [0.4, 0.5) is 33.3 Å². The van der Waals surface area contributed by atoms with Gasteiger partial charge >= 0.3 is 6.18 Å². The van der Waals surface area contributed by atoms with Crippen LogP contribution in [0.5, 0.6) is 0 Å². The molecule has 0 radical (unpaired) electrons. The second-order valence-electron chi connectivity index (χ2n) is 12.3. The first kappa shape index (κ1) is 30.0. The topological polar surface area (TPSA) is 96.7 Å². The van der Waals surface area contributed by atoms with E-state index < -0.39 is 62.4 Å². The molecule has 2 aliphatic carbocycles. The zero-order valence-electron chi connectivity index (χ0n) is 23.4. The summed E-state index contributed by atoms with van der Waals surface area (Å²) in [6.45, 7) is 1.77. The van der Waals surface area contributed by atoms with E-state index in [2.05, 4.69) is 15.4 Å². The lowest BCUT2D eigenvalue weighted by molar-refractivity contribution is -0.181. The zero-order valence-corrected chi connectivity index (χ0v) is 25.0. The maximum absolute atomic E-state index is 15.2. The Morgan fingerprint density at radius 2 is 1.72 bits per heavy atom. The minimum atomic E-state index is -4.65. The van der Waals surface area contributed by atoms with E-state index in [0.29, 0.717) is 31.4 Å². The van der Waals surface area contributed by atoms with Crippen LogP contribution in [0.3, 0.4) is 0 Å². The second-order valence-corrected chi connectivity index (χ2v) is 15.0. The highest BCUT2D eigenvalue weighted by molar-refractivity contribution is 7.91. The van der Waals surface area contributed by atoms with Crippen LogP contribution in [0, 0.1) is 5.41 Å². The number of anilines is 2. The minimum Gasteiger partial charge on any atom is -0.353 e. The second kappa shape index (κ2) is 9.50. The fourth-order valence-electron chi connectivity index (χ4n) is 6.71. The summed E-state index contributed by atoms with van der Waals surface area (Å²) >= 11 is 5.96. The molecule has 15 heteroatoms. The molecule has 8 nitrogen and oxygen atoms in total. The van der Waals surface area contributed by atoms with Gasteiger partial charge in [0.15, 0.2) is 10.8 Å². The molecule has 0 saturated heterocycles. The predicted octanol–water partition coefficient (Wildman–Crippen LogP) is 5.57. The van der Waals surface area contributed by atoms with Crippen molar-refractivity contribution in [2.45, 2.75) is 74.3 Å². The highest BCUT2D eigenvalue weighted by Gasteiger charge is 2.82. The molecular formula is C28H29ClF5N5O3S. The van der Waals surface area contributed by atoms with Crippen LogP contribution in [0.15, 0.2) is 36.5 Å². The number of fused-ring (bicyclic) bond motifs is 3. The number of sulfone groups is 1. The molecule has 2 saturated carbocycles. The first-order valence-corrected chi connectivity index (χ1v) is 16.1. The lowest BCUT2D eigenvalue weighted by Gasteiger charge is -2.29. The minimum absolute atomic E-state index is 0.00717. The van der Waals surface area contributed by atoms with Crippen molar-refractivity contribution in [2.24, 2.45) is 5.41 Å². The number of halogens is 6. The van der Waals surface area contributed by atoms with Gasteiger partial charge in [-0.05, 0) is 57.2 Å². The first-order valence-electron chi connectivity index (χ1n) is 13.8. The van der Waals surface area contributed by atoms with Gasteiger partial charge in [-0.3, -0.25) is 4.79 Å². The fraction of sp³-hybridized carbons (Fsp3) is 0.536. The van der Waals surface area contributed by atoms with Gasteiger partial charge in [-0.2, -0.15) is 18.3 Å². The summed E-state index contributed by atoms with van der Waals surface area (Å²) in [6, 6.07) is 6.69. The molecule has 1 aromatic carbocycles. The van der Waals surface area contributed by atoms with Gasteiger partial charge in [0.25, 0.3) is 5.92 Å². The van der Waals surface area contributed by atoms with Crippen molar-refractivity contribution in [1.29, 1.82) is 0 Å². The van der Waals surface area contributed by atoms with E-state index in [1.807, 2.05) is 0 Å². The zero-order chi connectivity index (χ0) is 31.3. The van der Waals surface area contributed by atoms with Crippen LogP contribution < -0.4 is 10.2 Å². The van der Waals surface area contributed by atoms with E-state index in [1.165, 1.54) is 54.6 Å². The molecule has 2 aromatic heterocycles. The average Bonchev–Trinajstić information content (AvgIpc) is 3.18. The summed E-state index contributed by atoms with van der Waals surface area (Å²) in [5.74, 6) is -5.59. The normalized spacial score (nSPS) is 30.3. The van der Waals surface area contributed by atoms with Gasteiger partial charge in [-0.15, -0.1) is 0 Å². The van der Waals surface area contributed by atoms with Crippen molar-refractivity contribution >= 4 is 44.4 Å². The monoisotopic (exact) mass is 645 g/mol. The van der Waals surface area contributed by atoms with Gasteiger partial charge in [0.2, 0.25) is 5.91 Å². The number of amides is 1. The number of nitrogens with zero attached hydrogens (tertiary/aromatic N) is 4. The van der Waals surface area contributed by atoms with Gasteiger partial charge < -0.3 is 10.2 Å². The lowest BCUT2D eigenvalue weighted by Crippen LogP contribution is -2.44. The quantitative estimate of drug-likeness (QED) is 0.365. The number of nitrogens with one attached hydrogen (secondary N) is 1. The highest BCUT2D eigenvalue weighted by atomic mass is 35.5. The molecule has 0 unspecified atom stereocenters. The number of hydrogen-bond acceptors (Lipinski definition) is 6. The SMILES string of the molecule is C[C@@]1(C(F)(F)F)CN(c2ccc([C@H]3C(F)(F)[C@]3(C)C(=O)NC3CCC(S(C)(=O)=O)CC3)cc2)c2cnc3cc(Cl)nn3c21. The van der Waals surface area contributed by atoms with Crippen molar-refractivity contribution in [2.75, 3.05) is 17.7 Å². The molecule has 3 aromatic rings. The fourth-order valence-corrected chi connectivity index (χ4v) is 8.02. The third-order valence-electron chi connectivity index (χ3n) is 9.52. The molecule has 6 rings (SSSR count). The Bertz CT molecular complexity index is 1720. The lowest BCUT2D eigenvalue weighted by atomic mass is 9.87. The van der Waals surface area contributed by atoms with Crippen molar-refractivity contribution in [3.63, 3.8) is 0 Å². The van der Waals surface area contributed by atoms with Crippen LogP contribution >= 0.6 is 11.6 Å². The van der Waals surface area contributed by atoms with E-state index in [-0.39, 0.29) is 27.7 Å². The number of benzene rings is 1. The Morgan fingerprint density at radius 1 is 1.09 bits per heavy atom. The summed E-state index contributed by atoms with van der Waals surface area (Å²) < 4.78 is 98.5.